The van der Waals surface area contributed by atoms with Crippen LogP contribution >= 0.6 is 11.8 Å². The molecule has 0 saturated carbocycles. The number of carbonyl (C=O) groups is 1. The lowest BCUT2D eigenvalue weighted by Crippen LogP contribution is -2.26. The summed E-state index contributed by atoms with van der Waals surface area (Å²) in [7, 11) is 0. The van der Waals surface area contributed by atoms with Crippen molar-refractivity contribution in [2.45, 2.75) is 37.7 Å². The standard InChI is InChI=1S/C13H16O3S/c1-4-8-5-10-11(6-9(8)12(14)15)17-7-16-13(10,2)3/h5-6H,4,7H2,1-3H3,(H,14,15). The lowest BCUT2D eigenvalue weighted by atomic mass is 9.92. The molecule has 1 aromatic rings. The van der Waals surface area contributed by atoms with Crippen LogP contribution in [0.3, 0.4) is 0 Å². The van der Waals surface area contributed by atoms with E-state index < -0.39 is 5.97 Å². The molecule has 0 bridgehead atoms. The Hall–Kier alpha value is -1.00. The van der Waals surface area contributed by atoms with Crippen molar-refractivity contribution in [3.63, 3.8) is 0 Å². The van der Waals surface area contributed by atoms with E-state index in [4.69, 9.17) is 4.74 Å². The van der Waals surface area contributed by atoms with Crippen LogP contribution in [0.15, 0.2) is 17.0 Å². The van der Waals surface area contributed by atoms with Gasteiger partial charge in [0, 0.05) is 4.90 Å². The quantitative estimate of drug-likeness (QED) is 0.877. The van der Waals surface area contributed by atoms with Gasteiger partial charge in [0.2, 0.25) is 0 Å². The number of hydrogen-bond donors (Lipinski definition) is 1. The maximum Gasteiger partial charge on any atom is 0.336 e. The average Bonchev–Trinajstić information content (AvgIpc) is 2.27. The van der Waals surface area contributed by atoms with Gasteiger partial charge in [-0.2, -0.15) is 0 Å². The molecule has 92 valence electrons. The highest BCUT2D eigenvalue weighted by molar-refractivity contribution is 7.99. The number of fused-ring (bicyclic) bond motifs is 1. The first kappa shape index (κ1) is 12.5. The van der Waals surface area contributed by atoms with Crippen LogP contribution in [-0.2, 0) is 16.8 Å². The number of aromatic carboxylic acids is 1. The van der Waals surface area contributed by atoms with Crippen LogP contribution in [0.5, 0.6) is 0 Å². The molecule has 0 atom stereocenters. The Bertz CT molecular complexity index is 466. The predicted molar refractivity (Wildman–Crippen MR) is 67.6 cm³/mol. The van der Waals surface area contributed by atoms with E-state index >= 15 is 0 Å². The zero-order chi connectivity index (χ0) is 12.6. The second-order valence-corrected chi connectivity index (χ2v) is 5.55. The lowest BCUT2D eigenvalue weighted by Gasteiger charge is -2.33. The number of aryl methyl sites for hydroxylation is 1. The van der Waals surface area contributed by atoms with Gasteiger partial charge in [-0.05, 0) is 37.5 Å². The summed E-state index contributed by atoms with van der Waals surface area (Å²) < 4.78 is 5.71. The van der Waals surface area contributed by atoms with E-state index in [1.807, 2.05) is 26.8 Å². The smallest absolute Gasteiger partial charge is 0.336 e. The molecule has 0 aromatic heterocycles. The van der Waals surface area contributed by atoms with Gasteiger partial charge in [0.25, 0.3) is 0 Å². The van der Waals surface area contributed by atoms with Crippen LogP contribution in [0, 0.1) is 0 Å². The molecule has 0 unspecified atom stereocenters. The zero-order valence-corrected chi connectivity index (χ0v) is 11.1. The van der Waals surface area contributed by atoms with Crippen LogP contribution in [0.4, 0.5) is 0 Å². The zero-order valence-electron chi connectivity index (χ0n) is 10.2. The molecule has 0 amide bonds. The molecular weight excluding hydrogens is 236 g/mol. The van der Waals surface area contributed by atoms with Gasteiger partial charge in [-0.1, -0.05) is 24.8 Å². The Labute approximate surface area is 105 Å². The fraction of sp³-hybridized carbons (Fsp3) is 0.462. The van der Waals surface area contributed by atoms with Crippen molar-refractivity contribution in [2.24, 2.45) is 0 Å². The molecule has 3 nitrogen and oxygen atoms in total. The Kier molecular flexibility index (Phi) is 3.19. The Balaban J connectivity index is 2.61. The second-order valence-electron chi connectivity index (χ2n) is 4.58. The van der Waals surface area contributed by atoms with E-state index in [0.717, 1.165) is 22.4 Å². The summed E-state index contributed by atoms with van der Waals surface area (Å²) >= 11 is 1.56. The van der Waals surface area contributed by atoms with Gasteiger partial charge in [-0.25, -0.2) is 4.79 Å². The van der Waals surface area contributed by atoms with Crippen molar-refractivity contribution in [3.05, 3.63) is 28.8 Å². The highest BCUT2D eigenvalue weighted by atomic mass is 32.2. The van der Waals surface area contributed by atoms with E-state index in [-0.39, 0.29) is 5.60 Å². The normalized spacial score (nSPS) is 17.6. The molecule has 0 spiro atoms. The van der Waals surface area contributed by atoms with Crippen molar-refractivity contribution in [3.8, 4) is 0 Å². The van der Waals surface area contributed by atoms with Crippen molar-refractivity contribution in [2.75, 3.05) is 5.94 Å². The summed E-state index contributed by atoms with van der Waals surface area (Å²) in [6.45, 7) is 6.01. The molecular formula is C13H16O3S. The van der Waals surface area contributed by atoms with E-state index in [9.17, 15) is 9.90 Å². The molecule has 0 saturated heterocycles. The minimum Gasteiger partial charge on any atom is -0.478 e. The number of rotatable bonds is 2. The number of thioether (sulfide) groups is 1. The molecule has 1 N–H and O–H groups in total. The molecule has 1 aliphatic heterocycles. The molecule has 0 radical (unpaired) electrons. The number of hydrogen-bond acceptors (Lipinski definition) is 3. The summed E-state index contributed by atoms with van der Waals surface area (Å²) in [5, 5.41) is 9.19. The highest BCUT2D eigenvalue weighted by Gasteiger charge is 2.30. The topological polar surface area (TPSA) is 46.5 Å². The van der Waals surface area contributed by atoms with Gasteiger partial charge in [0.05, 0.1) is 17.1 Å². The molecule has 1 heterocycles. The van der Waals surface area contributed by atoms with Gasteiger partial charge >= 0.3 is 5.97 Å². The van der Waals surface area contributed by atoms with Gasteiger partial charge in [0.1, 0.15) is 0 Å². The average molecular weight is 252 g/mol. The van der Waals surface area contributed by atoms with Gasteiger partial charge < -0.3 is 9.84 Å². The van der Waals surface area contributed by atoms with Crippen molar-refractivity contribution in [1.82, 2.24) is 0 Å². The molecule has 0 aliphatic carbocycles. The summed E-state index contributed by atoms with van der Waals surface area (Å²) in [4.78, 5) is 12.2. The van der Waals surface area contributed by atoms with Crippen molar-refractivity contribution >= 4 is 17.7 Å². The van der Waals surface area contributed by atoms with E-state index in [0.29, 0.717) is 11.5 Å². The second kappa shape index (κ2) is 4.35. The van der Waals surface area contributed by atoms with Gasteiger partial charge in [-0.15, -0.1) is 0 Å². The summed E-state index contributed by atoms with van der Waals surface area (Å²) in [6, 6.07) is 3.76. The molecule has 1 aromatic carbocycles. The maximum absolute atomic E-state index is 11.2. The fourth-order valence-electron chi connectivity index (χ4n) is 2.02. The minimum atomic E-state index is -0.852. The van der Waals surface area contributed by atoms with Gasteiger partial charge in [-0.3, -0.25) is 0 Å². The Morgan fingerprint density at radius 2 is 2.24 bits per heavy atom. The third-order valence-corrected chi connectivity index (χ3v) is 3.98. The first-order valence-electron chi connectivity index (χ1n) is 5.63. The monoisotopic (exact) mass is 252 g/mol. The van der Waals surface area contributed by atoms with Crippen LogP contribution in [0.2, 0.25) is 0 Å². The van der Waals surface area contributed by atoms with Crippen LogP contribution in [-0.4, -0.2) is 17.0 Å². The number of benzene rings is 1. The summed E-state index contributed by atoms with van der Waals surface area (Å²) in [5.41, 5.74) is 2.05. The predicted octanol–water partition coefficient (Wildman–Crippen LogP) is 3.26. The van der Waals surface area contributed by atoms with Gasteiger partial charge in [0.15, 0.2) is 0 Å². The third-order valence-electron chi connectivity index (χ3n) is 3.10. The van der Waals surface area contributed by atoms with Crippen LogP contribution in [0.1, 0.15) is 42.3 Å². The number of carboxylic acid groups (broad SMARTS) is 1. The van der Waals surface area contributed by atoms with Crippen molar-refractivity contribution in [1.29, 1.82) is 0 Å². The van der Waals surface area contributed by atoms with E-state index in [2.05, 4.69) is 0 Å². The summed E-state index contributed by atoms with van der Waals surface area (Å²) in [6.07, 6.45) is 0.718. The molecule has 17 heavy (non-hydrogen) atoms. The largest absolute Gasteiger partial charge is 0.478 e. The highest BCUT2D eigenvalue weighted by Crippen LogP contribution is 2.40. The number of ether oxygens (including phenoxy) is 1. The van der Waals surface area contributed by atoms with Crippen LogP contribution < -0.4 is 0 Å². The maximum atomic E-state index is 11.2. The summed E-state index contributed by atoms with van der Waals surface area (Å²) in [5.74, 6) is -0.278. The first-order chi connectivity index (χ1) is 7.95. The van der Waals surface area contributed by atoms with Crippen LogP contribution in [0.25, 0.3) is 0 Å². The first-order valence-corrected chi connectivity index (χ1v) is 6.61. The minimum absolute atomic E-state index is 0.332. The third kappa shape index (κ3) is 2.19. The van der Waals surface area contributed by atoms with Crippen molar-refractivity contribution < 1.29 is 14.6 Å². The Morgan fingerprint density at radius 3 is 2.82 bits per heavy atom. The Morgan fingerprint density at radius 1 is 1.53 bits per heavy atom. The SMILES string of the molecule is CCc1cc2c(cc1C(=O)O)SCOC2(C)C. The van der Waals surface area contributed by atoms with E-state index in [1.54, 1.807) is 17.8 Å². The lowest BCUT2D eigenvalue weighted by molar-refractivity contribution is 0.00188. The molecule has 1 aliphatic rings. The molecule has 0 fully saturated rings. The van der Waals surface area contributed by atoms with E-state index in [1.165, 1.54) is 0 Å². The number of carboxylic acids is 1. The fourth-order valence-corrected chi connectivity index (χ4v) is 3.17. The molecule has 4 heteroatoms. The molecule has 2 rings (SSSR count).